The molecule has 1 heterocycles. The summed E-state index contributed by atoms with van der Waals surface area (Å²) in [6.45, 7) is 0. The second-order valence-corrected chi connectivity index (χ2v) is 5.04. The molecule has 1 aromatic rings. The number of hydrogen-bond donors (Lipinski definition) is 1. The van der Waals surface area contributed by atoms with E-state index in [1.54, 1.807) is 18.3 Å². The normalized spacial score (nSPS) is 17.4. The summed E-state index contributed by atoms with van der Waals surface area (Å²) in [4.78, 5) is 15.1. The lowest BCUT2D eigenvalue weighted by Crippen LogP contribution is -2.18. The molecule has 0 aliphatic heterocycles. The molecule has 2 rings (SSSR count). The number of pyridine rings is 1. The van der Waals surface area contributed by atoms with Crippen LogP contribution in [0.5, 0.6) is 0 Å². The van der Waals surface area contributed by atoms with Crippen LogP contribution in [0.25, 0.3) is 0 Å². The van der Waals surface area contributed by atoms with E-state index in [2.05, 4.69) is 4.98 Å². The average Bonchev–Trinajstić information content (AvgIpc) is 2.99. The second kappa shape index (κ2) is 4.41. The van der Waals surface area contributed by atoms with Crippen molar-refractivity contribution in [1.82, 2.24) is 4.98 Å². The quantitative estimate of drug-likeness (QED) is 0.826. The van der Waals surface area contributed by atoms with Crippen molar-refractivity contribution in [2.24, 2.45) is 5.92 Å². The molecule has 1 unspecified atom stereocenters. The van der Waals surface area contributed by atoms with Gasteiger partial charge in [0.1, 0.15) is 10.3 Å². The topological polar surface area (TPSA) is 50.2 Å². The third-order valence-electron chi connectivity index (χ3n) is 2.26. The fourth-order valence-corrected chi connectivity index (χ4v) is 2.69. The number of rotatable bonds is 4. The first-order valence-electron chi connectivity index (χ1n) is 4.68. The molecule has 1 N–H and O–H groups in total. The van der Waals surface area contributed by atoms with Crippen molar-refractivity contribution in [1.29, 1.82) is 0 Å². The van der Waals surface area contributed by atoms with Gasteiger partial charge < -0.3 is 5.11 Å². The Morgan fingerprint density at radius 2 is 2.40 bits per heavy atom. The molecule has 0 aromatic carbocycles. The highest BCUT2D eigenvalue weighted by molar-refractivity contribution is 8.00. The zero-order chi connectivity index (χ0) is 10.8. The molecule has 1 aliphatic carbocycles. The van der Waals surface area contributed by atoms with Crippen molar-refractivity contribution in [3.05, 3.63) is 23.4 Å². The van der Waals surface area contributed by atoms with Gasteiger partial charge in [-0.25, -0.2) is 4.98 Å². The lowest BCUT2D eigenvalue weighted by atomic mass is 10.3. The standard InChI is InChI=1S/C10H10ClNO2S/c11-7-2-1-5-12-9(7)15-8(10(13)14)6-3-4-6/h1-2,5-6,8H,3-4H2,(H,13,14). The van der Waals surface area contributed by atoms with Crippen LogP contribution in [-0.2, 0) is 4.79 Å². The Bertz CT molecular complexity index is 381. The maximum atomic E-state index is 11.0. The molecule has 1 atom stereocenters. The summed E-state index contributed by atoms with van der Waals surface area (Å²) < 4.78 is 0. The van der Waals surface area contributed by atoms with Crippen LogP contribution in [0.4, 0.5) is 0 Å². The fraction of sp³-hybridized carbons (Fsp3) is 0.400. The van der Waals surface area contributed by atoms with Crippen LogP contribution >= 0.6 is 23.4 Å². The predicted octanol–water partition coefficient (Wildman–Crippen LogP) is 2.69. The molecular formula is C10H10ClNO2S. The van der Waals surface area contributed by atoms with Gasteiger partial charge in [0.15, 0.2) is 0 Å². The van der Waals surface area contributed by atoms with Crippen LogP contribution in [-0.4, -0.2) is 21.3 Å². The number of hydrogen-bond acceptors (Lipinski definition) is 3. The van der Waals surface area contributed by atoms with E-state index < -0.39 is 11.2 Å². The Morgan fingerprint density at radius 3 is 2.93 bits per heavy atom. The van der Waals surface area contributed by atoms with E-state index in [0.29, 0.717) is 10.0 Å². The molecule has 0 saturated heterocycles. The minimum absolute atomic E-state index is 0.283. The van der Waals surface area contributed by atoms with Crippen LogP contribution in [0, 0.1) is 5.92 Å². The van der Waals surface area contributed by atoms with Crippen LogP contribution < -0.4 is 0 Å². The van der Waals surface area contributed by atoms with Crippen molar-refractivity contribution in [3.63, 3.8) is 0 Å². The van der Waals surface area contributed by atoms with E-state index in [9.17, 15) is 4.79 Å². The monoisotopic (exact) mass is 243 g/mol. The molecule has 80 valence electrons. The van der Waals surface area contributed by atoms with E-state index in [1.807, 2.05) is 0 Å². The molecule has 1 aliphatic rings. The van der Waals surface area contributed by atoms with E-state index in [0.717, 1.165) is 12.8 Å². The number of thioether (sulfide) groups is 1. The van der Waals surface area contributed by atoms with Crippen molar-refractivity contribution < 1.29 is 9.90 Å². The molecule has 1 saturated carbocycles. The minimum atomic E-state index is -0.774. The van der Waals surface area contributed by atoms with Crippen LogP contribution in [0.2, 0.25) is 5.02 Å². The van der Waals surface area contributed by atoms with Crippen LogP contribution in [0.15, 0.2) is 23.4 Å². The van der Waals surface area contributed by atoms with Crippen molar-refractivity contribution in [2.45, 2.75) is 23.1 Å². The molecular weight excluding hydrogens is 234 g/mol. The third kappa shape index (κ3) is 2.63. The molecule has 0 bridgehead atoms. The number of aromatic nitrogens is 1. The largest absolute Gasteiger partial charge is 0.480 e. The summed E-state index contributed by atoms with van der Waals surface area (Å²) in [5.41, 5.74) is 0. The van der Waals surface area contributed by atoms with Crippen molar-refractivity contribution in [3.8, 4) is 0 Å². The number of aliphatic carboxylic acids is 1. The van der Waals surface area contributed by atoms with Gasteiger partial charge in [-0.1, -0.05) is 23.4 Å². The fourth-order valence-electron chi connectivity index (χ4n) is 1.33. The Hall–Kier alpha value is -0.740. The molecule has 1 fully saturated rings. The highest BCUT2D eigenvalue weighted by atomic mass is 35.5. The summed E-state index contributed by atoms with van der Waals surface area (Å²) in [7, 11) is 0. The van der Waals surface area contributed by atoms with Gasteiger partial charge in [-0.2, -0.15) is 0 Å². The summed E-state index contributed by atoms with van der Waals surface area (Å²) >= 11 is 7.17. The Kier molecular flexibility index (Phi) is 3.17. The maximum absolute atomic E-state index is 11.0. The maximum Gasteiger partial charge on any atom is 0.317 e. The Morgan fingerprint density at radius 1 is 1.67 bits per heavy atom. The van der Waals surface area contributed by atoms with Gasteiger partial charge in [-0.3, -0.25) is 4.79 Å². The SMILES string of the molecule is O=C(O)C(Sc1ncccc1Cl)C1CC1. The first-order chi connectivity index (χ1) is 7.18. The zero-order valence-electron chi connectivity index (χ0n) is 7.89. The van der Waals surface area contributed by atoms with Gasteiger partial charge in [-0.15, -0.1) is 0 Å². The van der Waals surface area contributed by atoms with Gasteiger partial charge in [0.25, 0.3) is 0 Å². The molecule has 5 heteroatoms. The molecule has 0 amide bonds. The first kappa shape index (κ1) is 10.8. The van der Waals surface area contributed by atoms with E-state index in [4.69, 9.17) is 16.7 Å². The third-order valence-corrected chi connectivity index (χ3v) is 4.06. The molecule has 0 spiro atoms. The van der Waals surface area contributed by atoms with Gasteiger partial charge in [0, 0.05) is 6.20 Å². The van der Waals surface area contributed by atoms with Gasteiger partial charge in [0.05, 0.1) is 5.02 Å². The lowest BCUT2D eigenvalue weighted by Gasteiger charge is -2.10. The highest BCUT2D eigenvalue weighted by Gasteiger charge is 2.37. The number of carbonyl (C=O) groups is 1. The van der Waals surface area contributed by atoms with Crippen LogP contribution in [0.3, 0.4) is 0 Å². The van der Waals surface area contributed by atoms with Gasteiger partial charge >= 0.3 is 5.97 Å². The van der Waals surface area contributed by atoms with E-state index in [1.165, 1.54) is 11.8 Å². The highest BCUT2D eigenvalue weighted by Crippen LogP contribution is 2.42. The first-order valence-corrected chi connectivity index (χ1v) is 5.94. The van der Waals surface area contributed by atoms with Crippen LogP contribution in [0.1, 0.15) is 12.8 Å². The number of carboxylic acid groups (broad SMARTS) is 1. The summed E-state index contributed by atoms with van der Waals surface area (Å²) in [5.74, 6) is -0.491. The molecule has 15 heavy (non-hydrogen) atoms. The summed E-state index contributed by atoms with van der Waals surface area (Å²) in [5, 5.41) is 9.77. The molecule has 0 radical (unpaired) electrons. The van der Waals surface area contributed by atoms with E-state index >= 15 is 0 Å². The number of halogens is 1. The molecule has 3 nitrogen and oxygen atoms in total. The Balaban J connectivity index is 2.12. The Labute approximate surface area is 96.9 Å². The van der Waals surface area contributed by atoms with Crippen molar-refractivity contribution in [2.75, 3.05) is 0 Å². The predicted molar refractivity (Wildman–Crippen MR) is 59.3 cm³/mol. The summed E-state index contributed by atoms with van der Waals surface area (Å²) in [6, 6.07) is 3.46. The van der Waals surface area contributed by atoms with Gasteiger partial charge in [0.2, 0.25) is 0 Å². The second-order valence-electron chi connectivity index (χ2n) is 3.50. The summed E-state index contributed by atoms with van der Waals surface area (Å²) in [6.07, 6.45) is 3.61. The van der Waals surface area contributed by atoms with Crippen molar-refractivity contribution >= 4 is 29.3 Å². The van der Waals surface area contributed by atoms with Gasteiger partial charge in [-0.05, 0) is 30.9 Å². The lowest BCUT2D eigenvalue weighted by molar-refractivity contribution is -0.136. The number of nitrogens with zero attached hydrogens (tertiary/aromatic N) is 1. The smallest absolute Gasteiger partial charge is 0.317 e. The number of carboxylic acids is 1. The van der Waals surface area contributed by atoms with E-state index in [-0.39, 0.29) is 5.92 Å². The zero-order valence-corrected chi connectivity index (χ0v) is 9.46. The average molecular weight is 244 g/mol. The molecule has 1 aromatic heterocycles. The minimum Gasteiger partial charge on any atom is -0.480 e.